The van der Waals surface area contributed by atoms with Gasteiger partial charge in [-0.2, -0.15) is 0 Å². The fourth-order valence-electron chi connectivity index (χ4n) is 3.27. The van der Waals surface area contributed by atoms with E-state index in [9.17, 15) is 14.4 Å². The Bertz CT molecular complexity index is 1340. The van der Waals surface area contributed by atoms with Gasteiger partial charge in [-0.1, -0.05) is 35.0 Å². The number of nitrogens with zero attached hydrogens (tertiary/aromatic N) is 3. The molecule has 3 N–H and O–H groups in total. The van der Waals surface area contributed by atoms with Gasteiger partial charge in [0.05, 0.1) is 27.3 Å². The minimum Gasteiger partial charge on any atom is -0.481 e. The summed E-state index contributed by atoms with van der Waals surface area (Å²) >= 11 is 14.2. The van der Waals surface area contributed by atoms with Crippen LogP contribution in [0.2, 0.25) is 10.0 Å². The number of ether oxygens (including phenoxy) is 2. The smallest absolute Gasteiger partial charge is 0.341 e. The lowest BCUT2D eigenvalue weighted by Crippen LogP contribution is -2.18. The van der Waals surface area contributed by atoms with Crippen LogP contribution < -0.4 is 15.8 Å². The van der Waals surface area contributed by atoms with E-state index in [1.54, 1.807) is 57.5 Å². The van der Waals surface area contributed by atoms with Gasteiger partial charge >= 0.3 is 5.97 Å². The lowest BCUT2D eigenvalue weighted by atomic mass is 10.1. The van der Waals surface area contributed by atoms with Crippen molar-refractivity contribution in [3.63, 3.8) is 0 Å². The van der Waals surface area contributed by atoms with Crippen LogP contribution in [0.3, 0.4) is 0 Å². The molecular formula is C23H25Cl2N5O5S2. The van der Waals surface area contributed by atoms with Crippen molar-refractivity contribution in [2.24, 2.45) is 12.8 Å². The molecule has 1 unspecified atom stereocenters. The highest BCUT2D eigenvalue weighted by atomic mass is 35.5. The van der Waals surface area contributed by atoms with Crippen molar-refractivity contribution in [3.05, 3.63) is 50.1 Å². The van der Waals surface area contributed by atoms with E-state index in [4.69, 9.17) is 38.4 Å². The summed E-state index contributed by atoms with van der Waals surface area (Å²) in [6, 6.07) is 4.91. The number of carbonyl (C=O) groups is 3. The molecule has 0 saturated carbocycles. The van der Waals surface area contributed by atoms with E-state index >= 15 is 0 Å². The highest BCUT2D eigenvalue weighted by molar-refractivity contribution is 7.99. The minimum absolute atomic E-state index is 0.0360. The molecule has 2 heterocycles. The van der Waals surface area contributed by atoms with Gasteiger partial charge in [0.1, 0.15) is 10.8 Å². The molecule has 14 heteroatoms. The fraction of sp³-hybridized carbons (Fsp3) is 0.348. The third kappa shape index (κ3) is 6.95. The number of primary amides is 1. The van der Waals surface area contributed by atoms with Gasteiger partial charge in [0.2, 0.25) is 5.91 Å². The molecule has 0 radical (unpaired) electrons. The van der Waals surface area contributed by atoms with Crippen LogP contribution >= 0.6 is 46.3 Å². The highest BCUT2D eigenvalue weighted by Crippen LogP contribution is 2.34. The molecule has 2 aromatic heterocycles. The molecule has 10 nitrogen and oxygen atoms in total. The van der Waals surface area contributed by atoms with Gasteiger partial charge in [-0.15, -0.1) is 21.5 Å². The zero-order chi connectivity index (χ0) is 27.4. The zero-order valence-corrected chi connectivity index (χ0v) is 23.8. The van der Waals surface area contributed by atoms with E-state index in [1.807, 2.05) is 0 Å². The van der Waals surface area contributed by atoms with Crippen LogP contribution in [0.25, 0.3) is 0 Å². The third-order valence-electron chi connectivity index (χ3n) is 4.93. The molecule has 0 fully saturated rings. The van der Waals surface area contributed by atoms with E-state index in [-0.39, 0.29) is 27.3 Å². The molecule has 0 aliphatic heterocycles. The van der Waals surface area contributed by atoms with Gasteiger partial charge in [0.15, 0.2) is 17.1 Å². The summed E-state index contributed by atoms with van der Waals surface area (Å²) in [4.78, 5) is 37.3. The molecule has 0 saturated heterocycles. The summed E-state index contributed by atoms with van der Waals surface area (Å²) in [6.45, 7) is 6.78. The summed E-state index contributed by atoms with van der Waals surface area (Å²) in [7, 11) is 1.75. The molecule has 37 heavy (non-hydrogen) atoms. The first-order valence-corrected chi connectivity index (χ1v) is 13.5. The Labute approximate surface area is 231 Å². The van der Waals surface area contributed by atoms with Gasteiger partial charge in [0, 0.05) is 12.1 Å². The number of thiophene rings is 1. The third-order valence-corrected chi connectivity index (χ3v) is 7.71. The molecule has 0 aliphatic rings. The number of thioether (sulfide) groups is 1. The molecule has 3 aromatic rings. The summed E-state index contributed by atoms with van der Waals surface area (Å²) in [5.41, 5.74) is 5.90. The maximum atomic E-state index is 12.7. The van der Waals surface area contributed by atoms with Crippen molar-refractivity contribution in [2.75, 3.05) is 11.1 Å². The van der Waals surface area contributed by atoms with Gasteiger partial charge in [0.25, 0.3) is 5.91 Å². The van der Waals surface area contributed by atoms with Crippen LogP contribution in [0.4, 0.5) is 5.00 Å². The van der Waals surface area contributed by atoms with Crippen LogP contribution in [0.5, 0.6) is 5.75 Å². The van der Waals surface area contributed by atoms with Gasteiger partial charge in [-0.25, -0.2) is 4.79 Å². The molecule has 2 amide bonds. The van der Waals surface area contributed by atoms with Crippen molar-refractivity contribution in [2.45, 2.75) is 45.1 Å². The minimum atomic E-state index is -0.696. The molecule has 0 bridgehead atoms. The van der Waals surface area contributed by atoms with E-state index in [2.05, 4.69) is 15.5 Å². The number of anilines is 1. The lowest BCUT2D eigenvalue weighted by molar-refractivity contribution is -0.113. The molecule has 0 aliphatic carbocycles. The maximum absolute atomic E-state index is 12.7. The molecular weight excluding hydrogens is 561 g/mol. The Morgan fingerprint density at radius 2 is 1.92 bits per heavy atom. The Balaban J connectivity index is 1.69. The van der Waals surface area contributed by atoms with Crippen molar-refractivity contribution in [3.8, 4) is 5.75 Å². The number of rotatable bonds is 10. The second kappa shape index (κ2) is 12.2. The SMILES string of the molecule is Cc1c(C(N)=O)sc(NC(=O)CSc2nnc(C(C)Oc3ccc(Cl)cc3Cl)n2C)c1C(=O)OC(C)C. The van der Waals surface area contributed by atoms with Crippen molar-refractivity contribution in [1.82, 2.24) is 14.8 Å². The first-order valence-electron chi connectivity index (χ1n) is 11.0. The predicted molar refractivity (Wildman–Crippen MR) is 144 cm³/mol. The second-order valence-corrected chi connectivity index (χ2v) is 11.0. The van der Waals surface area contributed by atoms with Gasteiger partial charge in [-0.05, 0) is 51.5 Å². The Morgan fingerprint density at radius 3 is 2.54 bits per heavy atom. The first-order chi connectivity index (χ1) is 17.4. The Morgan fingerprint density at radius 1 is 1.22 bits per heavy atom. The van der Waals surface area contributed by atoms with E-state index in [1.165, 1.54) is 0 Å². The average Bonchev–Trinajstić information content (AvgIpc) is 3.33. The van der Waals surface area contributed by atoms with E-state index in [0.29, 0.717) is 32.3 Å². The number of nitrogens with one attached hydrogen (secondary N) is 1. The van der Waals surface area contributed by atoms with Gasteiger partial charge < -0.3 is 25.1 Å². The van der Waals surface area contributed by atoms with Crippen LogP contribution in [-0.2, 0) is 16.6 Å². The zero-order valence-electron chi connectivity index (χ0n) is 20.6. The summed E-state index contributed by atoms with van der Waals surface area (Å²) in [5, 5.41) is 12.5. The summed E-state index contributed by atoms with van der Waals surface area (Å²) in [6.07, 6.45) is -0.870. The monoisotopic (exact) mass is 585 g/mol. The number of halogens is 2. The Kier molecular flexibility index (Phi) is 9.46. The summed E-state index contributed by atoms with van der Waals surface area (Å²) < 4.78 is 12.9. The number of benzene rings is 1. The largest absolute Gasteiger partial charge is 0.481 e. The van der Waals surface area contributed by atoms with Crippen molar-refractivity contribution < 1.29 is 23.9 Å². The first kappa shape index (κ1) is 28.8. The van der Waals surface area contributed by atoms with E-state index in [0.717, 1.165) is 23.1 Å². The number of aromatic nitrogens is 3. The molecule has 0 spiro atoms. The number of nitrogens with two attached hydrogens (primary N) is 1. The van der Waals surface area contributed by atoms with Crippen LogP contribution in [0.15, 0.2) is 23.4 Å². The van der Waals surface area contributed by atoms with Crippen molar-refractivity contribution >= 4 is 69.1 Å². The predicted octanol–water partition coefficient (Wildman–Crippen LogP) is 5.03. The standard InChI is InChI=1S/C23H25Cl2N5O5S2/c1-10(2)34-22(33)17-11(3)18(19(26)32)37-21(17)27-16(31)9-36-23-29-28-20(30(23)5)12(4)35-15-7-6-13(24)8-14(15)25/h6-8,10,12H,9H2,1-5H3,(H2,26,32)(H,27,31). The van der Waals surface area contributed by atoms with Crippen LogP contribution in [0.1, 0.15) is 58.3 Å². The number of amides is 2. The average molecular weight is 587 g/mol. The summed E-state index contributed by atoms with van der Waals surface area (Å²) in [5.74, 6) is -0.823. The number of carbonyl (C=O) groups excluding carboxylic acids is 3. The van der Waals surface area contributed by atoms with Gasteiger partial charge in [-0.3, -0.25) is 9.59 Å². The fourth-order valence-corrected chi connectivity index (χ4v) is 5.50. The second-order valence-electron chi connectivity index (χ2n) is 8.15. The van der Waals surface area contributed by atoms with E-state index < -0.39 is 23.9 Å². The number of esters is 1. The maximum Gasteiger partial charge on any atom is 0.341 e. The van der Waals surface area contributed by atoms with Crippen LogP contribution in [0, 0.1) is 6.92 Å². The number of hydrogen-bond acceptors (Lipinski definition) is 9. The molecule has 198 valence electrons. The molecule has 1 atom stereocenters. The Hall–Kier alpha value is -2.80. The highest BCUT2D eigenvalue weighted by Gasteiger charge is 2.27. The normalized spacial score (nSPS) is 11.9. The van der Waals surface area contributed by atoms with Crippen LogP contribution in [-0.4, -0.2) is 44.4 Å². The molecule has 1 aromatic carbocycles. The van der Waals surface area contributed by atoms with Crippen molar-refractivity contribution in [1.29, 1.82) is 0 Å². The lowest BCUT2D eigenvalue weighted by Gasteiger charge is -2.15. The topological polar surface area (TPSA) is 138 Å². The quantitative estimate of drug-likeness (QED) is 0.249. The molecule has 3 rings (SSSR count). The number of hydrogen-bond donors (Lipinski definition) is 2.